The molecule has 2 aromatic heterocycles. The summed E-state index contributed by atoms with van der Waals surface area (Å²) in [6.07, 6.45) is 0.743. The minimum atomic E-state index is -0.865. The highest BCUT2D eigenvalue weighted by Gasteiger charge is 2.13. The lowest BCUT2D eigenvalue weighted by molar-refractivity contribution is -0.133. The number of pyridine rings is 1. The van der Waals surface area contributed by atoms with Crippen molar-refractivity contribution in [1.29, 1.82) is 0 Å². The van der Waals surface area contributed by atoms with Crippen molar-refractivity contribution in [2.24, 2.45) is 0 Å². The second-order valence-corrected chi connectivity index (χ2v) is 5.23. The first-order valence-electron chi connectivity index (χ1n) is 6.29. The fraction of sp³-hybridized carbons (Fsp3) is 0.385. The average Bonchev–Trinajstić information content (AvgIpc) is 2.78. The molecule has 2 rings (SSSR count). The van der Waals surface area contributed by atoms with E-state index in [9.17, 15) is 4.79 Å². The van der Waals surface area contributed by atoms with Crippen LogP contribution < -0.4 is 0 Å². The van der Waals surface area contributed by atoms with Gasteiger partial charge in [0.2, 0.25) is 0 Å². The SMILES string of the molecule is CCc1nnc(SCC(=O)O)n1Cc1cccc(C)n1. The molecule has 0 bridgehead atoms. The van der Waals surface area contributed by atoms with E-state index in [0.29, 0.717) is 11.7 Å². The summed E-state index contributed by atoms with van der Waals surface area (Å²) < 4.78 is 1.93. The van der Waals surface area contributed by atoms with Gasteiger partial charge in [-0.15, -0.1) is 10.2 Å². The van der Waals surface area contributed by atoms with Crippen molar-refractivity contribution in [2.75, 3.05) is 5.75 Å². The molecule has 0 atom stereocenters. The number of aliphatic carboxylic acids is 1. The average molecular weight is 292 g/mol. The molecule has 0 unspecified atom stereocenters. The summed E-state index contributed by atoms with van der Waals surface area (Å²) in [7, 11) is 0. The second kappa shape index (κ2) is 6.51. The molecule has 0 radical (unpaired) electrons. The molecule has 2 aromatic rings. The van der Waals surface area contributed by atoms with Gasteiger partial charge in [0.1, 0.15) is 5.82 Å². The number of hydrogen-bond acceptors (Lipinski definition) is 5. The number of aryl methyl sites for hydroxylation is 2. The lowest BCUT2D eigenvalue weighted by atomic mass is 10.3. The van der Waals surface area contributed by atoms with E-state index in [-0.39, 0.29) is 5.75 Å². The quantitative estimate of drug-likeness (QED) is 0.817. The molecule has 6 nitrogen and oxygen atoms in total. The van der Waals surface area contributed by atoms with Crippen LogP contribution in [0.4, 0.5) is 0 Å². The van der Waals surface area contributed by atoms with Gasteiger partial charge in [0.25, 0.3) is 0 Å². The minimum Gasteiger partial charge on any atom is -0.481 e. The van der Waals surface area contributed by atoms with Crippen molar-refractivity contribution in [3.8, 4) is 0 Å². The van der Waals surface area contributed by atoms with Crippen LogP contribution in [-0.2, 0) is 17.8 Å². The molecule has 7 heteroatoms. The van der Waals surface area contributed by atoms with Crippen LogP contribution in [0.5, 0.6) is 0 Å². The third kappa shape index (κ3) is 3.57. The van der Waals surface area contributed by atoms with Gasteiger partial charge >= 0.3 is 5.97 Å². The van der Waals surface area contributed by atoms with E-state index in [1.165, 1.54) is 11.8 Å². The molecular weight excluding hydrogens is 276 g/mol. The van der Waals surface area contributed by atoms with Crippen LogP contribution in [0.2, 0.25) is 0 Å². The first-order chi connectivity index (χ1) is 9.60. The van der Waals surface area contributed by atoms with Gasteiger partial charge in [-0.25, -0.2) is 0 Å². The van der Waals surface area contributed by atoms with Crippen LogP contribution in [-0.4, -0.2) is 36.6 Å². The Kier molecular flexibility index (Phi) is 4.73. The third-order valence-corrected chi connectivity index (χ3v) is 3.65. The summed E-state index contributed by atoms with van der Waals surface area (Å²) >= 11 is 1.18. The second-order valence-electron chi connectivity index (χ2n) is 4.29. The molecule has 0 amide bonds. The molecule has 0 fully saturated rings. The molecule has 0 aliphatic heterocycles. The Morgan fingerprint density at radius 2 is 2.20 bits per heavy atom. The van der Waals surface area contributed by atoms with Crippen LogP contribution in [0.1, 0.15) is 24.1 Å². The van der Waals surface area contributed by atoms with Crippen LogP contribution in [0, 0.1) is 6.92 Å². The summed E-state index contributed by atoms with van der Waals surface area (Å²) in [6.45, 7) is 4.49. The number of nitrogens with zero attached hydrogens (tertiary/aromatic N) is 4. The smallest absolute Gasteiger partial charge is 0.313 e. The van der Waals surface area contributed by atoms with Crippen molar-refractivity contribution >= 4 is 17.7 Å². The molecule has 0 saturated heterocycles. The summed E-state index contributed by atoms with van der Waals surface area (Å²) in [5.41, 5.74) is 1.87. The van der Waals surface area contributed by atoms with Gasteiger partial charge in [-0.05, 0) is 19.1 Å². The predicted octanol–water partition coefficient (Wildman–Crippen LogP) is 1.77. The van der Waals surface area contributed by atoms with E-state index in [1.807, 2.05) is 36.6 Å². The summed E-state index contributed by atoms with van der Waals surface area (Å²) in [4.78, 5) is 15.1. The van der Waals surface area contributed by atoms with Gasteiger partial charge in [0, 0.05) is 12.1 Å². The number of hydrogen-bond donors (Lipinski definition) is 1. The number of rotatable bonds is 6. The van der Waals surface area contributed by atoms with E-state index >= 15 is 0 Å². The molecule has 0 spiro atoms. The molecule has 0 aliphatic carbocycles. The van der Waals surface area contributed by atoms with Crippen LogP contribution in [0.15, 0.2) is 23.4 Å². The Bertz CT molecular complexity index is 612. The molecule has 0 saturated carbocycles. The molecule has 106 valence electrons. The van der Waals surface area contributed by atoms with Crippen molar-refractivity contribution < 1.29 is 9.90 Å². The Morgan fingerprint density at radius 3 is 2.85 bits per heavy atom. The maximum Gasteiger partial charge on any atom is 0.313 e. The summed E-state index contributed by atoms with van der Waals surface area (Å²) in [5.74, 6) is -0.0548. The Labute approximate surface area is 121 Å². The minimum absolute atomic E-state index is 0.0247. The number of carboxylic acid groups (broad SMARTS) is 1. The van der Waals surface area contributed by atoms with Crippen molar-refractivity contribution in [2.45, 2.75) is 32.0 Å². The molecule has 20 heavy (non-hydrogen) atoms. The maximum absolute atomic E-state index is 10.7. The highest BCUT2D eigenvalue weighted by atomic mass is 32.2. The zero-order valence-electron chi connectivity index (χ0n) is 11.4. The molecule has 1 N–H and O–H groups in total. The van der Waals surface area contributed by atoms with Gasteiger partial charge in [0.05, 0.1) is 18.0 Å². The Hall–Kier alpha value is -1.89. The number of carboxylic acids is 1. The van der Waals surface area contributed by atoms with Gasteiger partial charge in [-0.1, -0.05) is 24.8 Å². The molecule has 0 aliphatic rings. The van der Waals surface area contributed by atoms with Crippen molar-refractivity contribution in [3.63, 3.8) is 0 Å². The first-order valence-corrected chi connectivity index (χ1v) is 7.28. The fourth-order valence-corrected chi connectivity index (χ4v) is 2.50. The third-order valence-electron chi connectivity index (χ3n) is 2.70. The monoisotopic (exact) mass is 292 g/mol. The topological polar surface area (TPSA) is 80.9 Å². The standard InChI is InChI=1S/C13H16N4O2S/c1-3-11-15-16-13(20-8-12(18)19)17(11)7-10-6-4-5-9(2)14-10/h4-6H,3,7-8H2,1-2H3,(H,18,19). The number of aromatic nitrogens is 4. The highest BCUT2D eigenvalue weighted by Crippen LogP contribution is 2.18. The van der Waals surface area contributed by atoms with Crippen LogP contribution in [0.3, 0.4) is 0 Å². The molecule has 2 heterocycles. The van der Waals surface area contributed by atoms with E-state index in [2.05, 4.69) is 15.2 Å². The Balaban J connectivity index is 2.24. The van der Waals surface area contributed by atoms with E-state index in [0.717, 1.165) is 23.6 Å². The van der Waals surface area contributed by atoms with Gasteiger partial charge in [-0.2, -0.15) is 0 Å². The largest absolute Gasteiger partial charge is 0.481 e. The lowest BCUT2D eigenvalue weighted by Crippen LogP contribution is -2.09. The number of thioether (sulfide) groups is 1. The van der Waals surface area contributed by atoms with Gasteiger partial charge in [-0.3, -0.25) is 14.3 Å². The highest BCUT2D eigenvalue weighted by molar-refractivity contribution is 7.99. The molecule has 0 aromatic carbocycles. The van der Waals surface area contributed by atoms with Crippen molar-refractivity contribution in [3.05, 3.63) is 35.4 Å². The van der Waals surface area contributed by atoms with Crippen molar-refractivity contribution in [1.82, 2.24) is 19.7 Å². The lowest BCUT2D eigenvalue weighted by Gasteiger charge is -2.08. The normalized spacial score (nSPS) is 10.7. The molecular formula is C13H16N4O2S. The fourth-order valence-electron chi connectivity index (χ4n) is 1.82. The number of carbonyl (C=O) groups is 1. The Morgan fingerprint density at radius 1 is 1.40 bits per heavy atom. The first kappa shape index (κ1) is 14.5. The van der Waals surface area contributed by atoms with Gasteiger partial charge < -0.3 is 5.11 Å². The predicted molar refractivity (Wildman–Crippen MR) is 75.8 cm³/mol. The van der Waals surface area contributed by atoms with E-state index in [1.54, 1.807) is 0 Å². The zero-order chi connectivity index (χ0) is 14.5. The zero-order valence-corrected chi connectivity index (χ0v) is 12.2. The van der Waals surface area contributed by atoms with Gasteiger partial charge in [0.15, 0.2) is 5.16 Å². The van der Waals surface area contributed by atoms with Crippen LogP contribution in [0.25, 0.3) is 0 Å². The van der Waals surface area contributed by atoms with Crippen LogP contribution >= 0.6 is 11.8 Å². The van der Waals surface area contributed by atoms with E-state index in [4.69, 9.17) is 5.11 Å². The maximum atomic E-state index is 10.7. The summed E-state index contributed by atoms with van der Waals surface area (Å²) in [6, 6.07) is 5.84. The van der Waals surface area contributed by atoms with E-state index < -0.39 is 5.97 Å². The summed E-state index contributed by atoms with van der Waals surface area (Å²) in [5, 5.41) is 17.5.